The number of halogens is 1. The third kappa shape index (κ3) is 4.47. The molecule has 0 spiro atoms. The fourth-order valence-corrected chi connectivity index (χ4v) is 4.47. The highest BCUT2D eigenvalue weighted by Gasteiger charge is 2.47. The molecule has 1 aliphatic heterocycles. The molecule has 38 heavy (non-hydrogen) atoms. The number of pyridine rings is 1. The lowest BCUT2D eigenvalue weighted by atomic mass is 9.81. The lowest BCUT2D eigenvalue weighted by Gasteiger charge is -2.45. The summed E-state index contributed by atoms with van der Waals surface area (Å²) < 4.78 is 19.4. The van der Waals surface area contributed by atoms with Crippen LogP contribution in [0.25, 0.3) is 22.8 Å². The summed E-state index contributed by atoms with van der Waals surface area (Å²) in [4.78, 5) is 19.3. The van der Waals surface area contributed by atoms with Gasteiger partial charge in [-0.2, -0.15) is 5.21 Å². The maximum atomic E-state index is 13.6. The molecule has 190 valence electrons. The van der Waals surface area contributed by atoms with E-state index in [1.807, 2.05) is 31.2 Å². The topological polar surface area (TPSA) is 139 Å². The van der Waals surface area contributed by atoms with Crippen LogP contribution in [0.4, 0.5) is 10.2 Å². The van der Waals surface area contributed by atoms with Crippen molar-refractivity contribution in [3.63, 3.8) is 0 Å². The Bertz CT molecular complexity index is 1600. The molecule has 1 fully saturated rings. The Hall–Kier alpha value is -5.00. The van der Waals surface area contributed by atoms with E-state index in [0.29, 0.717) is 48.3 Å². The number of carbonyl (C=O) groups is 1. The minimum atomic E-state index is -0.474. The van der Waals surface area contributed by atoms with Crippen molar-refractivity contribution in [2.45, 2.75) is 18.9 Å². The molecular formula is C26H22FN9O2. The molecule has 0 bridgehead atoms. The molecular weight excluding hydrogens is 489 g/mol. The number of likely N-dealkylation sites (tertiary alicyclic amines) is 1. The van der Waals surface area contributed by atoms with Gasteiger partial charge in [0.25, 0.3) is 5.91 Å². The van der Waals surface area contributed by atoms with Crippen molar-refractivity contribution in [3.05, 3.63) is 89.7 Å². The number of tetrazole rings is 1. The Morgan fingerprint density at radius 3 is 2.79 bits per heavy atom. The summed E-state index contributed by atoms with van der Waals surface area (Å²) in [6, 6.07) is 17.1. The maximum absolute atomic E-state index is 13.6. The van der Waals surface area contributed by atoms with Gasteiger partial charge in [0.05, 0.1) is 11.0 Å². The standard InChI is InChI=1S/C26H22FN9O2/c1-26(25-33-32-23(38-25)17-6-3-8-19(27)12-17)14-36(15-26)24(37)18-7-2-5-16(11-18)13-29-21-20(9-4-10-28-21)22-30-34-35-31-22/h2-12H,13-15H2,1H3,(H,28,29)(H,30,31,34,35). The Kier molecular flexibility index (Phi) is 5.83. The molecule has 11 nitrogen and oxygen atoms in total. The van der Waals surface area contributed by atoms with E-state index >= 15 is 0 Å². The number of hydrogen-bond donors (Lipinski definition) is 2. The molecule has 0 atom stereocenters. The molecule has 4 heterocycles. The van der Waals surface area contributed by atoms with Crippen LogP contribution in [0, 0.1) is 5.82 Å². The third-order valence-corrected chi connectivity index (χ3v) is 6.41. The lowest BCUT2D eigenvalue weighted by Crippen LogP contribution is -2.59. The van der Waals surface area contributed by atoms with Gasteiger partial charge in [0.15, 0.2) is 0 Å². The molecule has 3 aromatic heterocycles. The van der Waals surface area contributed by atoms with Crippen LogP contribution >= 0.6 is 0 Å². The molecule has 1 amide bonds. The zero-order chi connectivity index (χ0) is 26.1. The molecule has 0 aliphatic carbocycles. The number of amides is 1. The van der Waals surface area contributed by atoms with Crippen LogP contribution in [0.15, 0.2) is 71.3 Å². The van der Waals surface area contributed by atoms with E-state index in [9.17, 15) is 9.18 Å². The van der Waals surface area contributed by atoms with Gasteiger partial charge < -0.3 is 14.6 Å². The monoisotopic (exact) mass is 511 g/mol. The van der Waals surface area contributed by atoms with Crippen molar-refractivity contribution in [2.75, 3.05) is 18.4 Å². The molecule has 6 rings (SSSR count). The first-order valence-corrected chi connectivity index (χ1v) is 11.9. The normalized spacial score (nSPS) is 14.2. The second-order valence-electron chi connectivity index (χ2n) is 9.33. The van der Waals surface area contributed by atoms with Crippen LogP contribution in [0.1, 0.15) is 28.7 Å². The van der Waals surface area contributed by atoms with E-state index in [2.05, 4.69) is 41.1 Å². The van der Waals surface area contributed by atoms with Crippen molar-refractivity contribution in [1.29, 1.82) is 0 Å². The molecule has 0 unspecified atom stereocenters. The van der Waals surface area contributed by atoms with Crippen LogP contribution in [0.5, 0.6) is 0 Å². The number of aromatic nitrogens is 7. The van der Waals surface area contributed by atoms with Gasteiger partial charge in [0, 0.05) is 37.0 Å². The van der Waals surface area contributed by atoms with Crippen molar-refractivity contribution in [2.24, 2.45) is 0 Å². The average Bonchev–Trinajstić information content (AvgIpc) is 3.63. The van der Waals surface area contributed by atoms with Crippen molar-refractivity contribution in [1.82, 2.24) is 40.7 Å². The van der Waals surface area contributed by atoms with Crippen molar-refractivity contribution in [3.8, 4) is 22.8 Å². The van der Waals surface area contributed by atoms with Gasteiger partial charge >= 0.3 is 0 Å². The summed E-state index contributed by atoms with van der Waals surface area (Å²) >= 11 is 0. The van der Waals surface area contributed by atoms with Gasteiger partial charge in [0.2, 0.25) is 17.6 Å². The van der Waals surface area contributed by atoms with Crippen LogP contribution in [-0.2, 0) is 12.0 Å². The molecule has 12 heteroatoms. The smallest absolute Gasteiger partial charge is 0.253 e. The Morgan fingerprint density at radius 2 is 1.97 bits per heavy atom. The molecule has 2 aromatic carbocycles. The average molecular weight is 512 g/mol. The zero-order valence-corrected chi connectivity index (χ0v) is 20.3. The largest absolute Gasteiger partial charge is 0.420 e. The van der Waals surface area contributed by atoms with Crippen molar-refractivity contribution < 1.29 is 13.6 Å². The number of hydrogen-bond acceptors (Lipinski definition) is 9. The van der Waals surface area contributed by atoms with Crippen LogP contribution < -0.4 is 5.32 Å². The first-order chi connectivity index (χ1) is 18.5. The number of carbonyl (C=O) groups excluding carboxylic acids is 1. The number of anilines is 1. The van der Waals surface area contributed by atoms with Gasteiger partial charge in [0.1, 0.15) is 11.6 Å². The fourth-order valence-electron chi connectivity index (χ4n) is 4.47. The van der Waals surface area contributed by atoms with Gasteiger partial charge in [-0.1, -0.05) is 18.2 Å². The number of aromatic amines is 1. The summed E-state index contributed by atoms with van der Waals surface area (Å²) in [5.41, 5.74) is 2.25. The molecule has 5 aromatic rings. The maximum Gasteiger partial charge on any atom is 0.253 e. The molecule has 1 saturated heterocycles. The number of rotatable bonds is 7. The van der Waals surface area contributed by atoms with Crippen LogP contribution in [0.3, 0.4) is 0 Å². The predicted molar refractivity (Wildman–Crippen MR) is 134 cm³/mol. The molecule has 1 aliphatic rings. The SMILES string of the molecule is CC1(c2nnc(-c3cccc(F)c3)o2)CN(C(=O)c2cccc(CNc3ncccc3-c3nn[nH]n3)c2)C1. The van der Waals surface area contributed by atoms with E-state index in [1.54, 1.807) is 35.4 Å². The summed E-state index contributed by atoms with van der Waals surface area (Å²) in [6.07, 6.45) is 1.68. The fraction of sp³-hybridized carbons (Fsp3) is 0.192. The Morgan fingerprint density at radius 1 is 1.11 bits per heavy atom. The highest BCUT2D eigenvalue weighted by atomic mass is 19.1. The summed E-state index contributed by atoms with van der Waals surface area (Å²) in [5.74, 6) is 1.27. The van der Waals surface area contributed by atoms with Gasteiger partial charge in [-0.25, -0.2) is 9.37 Å². The van der Waals surface area contributed by atoms with Crippen LogP contribution in [-0.4, -0.2) is 59.7 Å². The first-order valence-electron chi connectivity index (χ1n) is 11.9. The number of nitrogens with zero attached hydrogens (tertiary/aromatic N) is 7. The van der Waals surface area contributed by atoms with Gasteiger partial charge in [-0.05, 0) is 60.2 Å². The van der Waals surface area contributed by atoms with E-state index in [-0.39, 0.29) is 17.6 Å². The first kappa shape index (κ1) is 23.4. The second kappa shape index (κ2) is 9.47. The summed E-state index contributed by atoms with van der Waals surface area (Å²) in [6.45, 7) is 3.28. The minimum Gasteiger partial charge on any atom is -0.420 e. The van der Waals surface area contributed by atoms with Crippen molar-refractivity contribution >= 4 is 11.7 Å². The Balaban J connectivity index is 1.11. The number of benzene rings is 2. The zero-order valence-electron chi connectivity index (χ0n) is 20.3. The van der Waals surface area contributed by atoms with Gasteiger partial charge in [-0.15, -0.1) is 20.4 Å². The van der Waals surface area contributed by atoms with Crippen LogP contribution in [0.2, 0.25) is 0 Å². The predicted octanol–water partition coefficient (Wildman–Crippen LogP) is 3.48. The van der Waals surface area contributed by atoms with E-state index in [0.717, 1.165) is 11.1 Å². The van der Waals surface area contributed by atoms with E-state index in [1.165, 1.54) is 12.1 Å². The number of nitrogens with one attached hydrogen (secondary N) is 2. The van der Waals surface area contributed by atoms with Gasteiger partial charge in [-0.3, -0.25) is 4.79 Å². The van der Waals surface area contributed by atoms with E-state index < -0.39 is 5.41 Å². The number of H-pyrrole nitrogens is 1. The highest BCUT2D eigenvalue weighted by Crippen LogP contribution is 2.35. The summed E-state index contributed by atoms with van der Waals surface area (Å²) in [7, 11) is 0. The Labute approximate surface area is 216 Å². The molecule has 2 N–H and O–H groups in total. The van der Waals surface area contributed by atoms with E-state index in [4.69, 9.17) is 4.42 Å². The lowest BCUT2D eigenvalue weighted by molar-refractivity contribution is 0.0366. The minimum absolute atomic E-state index is 0.0838. The molecule has 0 radical (unpaired) electrons. The highest BCUT2D eigenvalue weighted by molar-refractivity contribution is 5.95. The quantitative estimate of drug-likeness (QED) is 0.336. The second-order valence-corrected chi connectivity index (χ2v) is 9.33. The third-order valence-electron chi connectivity index (χ3n) is 6.41. The summed E-state index contributed by atoms with van der Waals surface area (Å²) in [5, 5.41) is 25.6. The molecule has 0 saturated carbocycles.